The van der Waals surface area contributed by atoms with Crippen molar-refractivity contribution >= 4 is 101 Å². The lowest BCUT2D eigenvalue weighted by molar-refractivity contribution is 0.302. The first-order valence-electron chi connectivity index (χ1n) is 10.5. The first kappa shape index (κ1) is 26.8. The summed E-state index contributed by atoms with van der Waals surface area (Å²) in [4.78, 5) is 17.9. The van der Waals surface area contributed by atoms with Gasteiger partial charge in [0.05, 0.1) is 24.3 Å². The third-order valence-corrected chi connectivity index (χ3v) is 7.76. The number of halogens is 5. The molecule has 0 unspecified atom stereocenters. The second-order valence-electron chi connectivity index (χ2n) is 7.99. The summed E-state index contributed by atoms with van der Waals surface area (Å²) in [5.41, 5.74) is 2.14. The van der Waals surface area contributed by atoms with E-state index in [0.29, 0.717) is 33.4 Å². The van der Waals surface area contributed by atoms with Crippen LogP contribution >= 0.6 is 84.3 Å². The molecule has 180 valence electrons. The third-order valence-electron chi connectivity index (χ3n) is 5.08. The fraction of sp³-hybridized carbons (Fsp3) is 0.160. The minimum absolute atomic E-state index is 0.0173. The Morgan fingerprint density at radius 1 is 1.11 bits per heavy atom. The number of hydrogen-bond acceptors (Lipinski definition) is 4. The maximum Gasteiger partial charge on any atom is 0.282 e. The summed E-state index contributed by atoms with van der Waals surface area (Å²) < 4.78 is 10.1. The van der Waals surface area contributed by atoms with Gasteiger partial charge in [0.25, 0.3) is 5.56 Å². The summed E-state index contributed by atoms with van der Waals surface area (Å²) in [6.07, 6.45) is 1.67. The number of hydrogen-bond donors (Lipinski definition) is 0. The van der Waals surface area contributed by atoms with Gasteiger partial charge in [0.1, 0.15) is 18.2 Å². The lowest BCUT2D eigenvalue weighted by Gasteiger charge is -2.13. The van der Waals surface area contributed by atoms with Gasteiger partial charge in [0.15, 0.2) is 0 Å². The van der Waals surface area contributed by atoms with Crippen LogP contribution in [0.15, 0.2) is 62.9 Å². The number of nitrogens with zero attached hydrogens (tertiary/aromatic N) is 3. The molecule has 0 saturated heterocycles. The SMILES string of the molecule is CC(C)c1nc2ccc(Br)cc2c(=O)n1N=Cc1cc(I)c(OCc2ccc(Cl)cc2Cl)c(I)c1. The molecular formula is C25H18BrCl2I2N3O2. The number of fused-ring (bicyclic) bond motifs is 1. The van der Waals surface area contributed by atoms with E-state index in [9.17, 15) is 4.79 Å². The maximum absolute atomic E-state index is 13.2. The first-order valence-corrected chi connectivity index (χ1v) is 14.2. The smallest absolute Gasteiger partial charge is 0.282 e. The summed E-state index contributed by atoms with van der Waals surface area (Å²) in [7, 11) is 0. The van der Waals surface area contributed by atoms with Crippen molar-refractivity contribution in [1.29, 1.82) is 0 Å². The highest BCUT2D eigenvalue weighted by molar-refractivity contribution is 14.1. The lowest BCUT2D eigenvalue weighted by Crippen LogP contribution is -2.23. The maximum atomic E-state index is 13.2. The van der Waals surface area contributed by atoms with Gasteiger partial charge >= 0.3 is 0 Å². The van der Waals surface area contributed by atoms with Gasteiger partial charge in [-0.1, -0.05) is 59.0 Å². The van der Waals surface area contributed by atoms with E-state index < -0.39 is 0 Å². The van der Waals surface area contributed by atoms with Crippen molar-refractivity contribution in [1.82, 2.24) is 9.66 Å². The summed E-state index contributed by atoms with van der Waals surface area (Å²) in [6, 6.07) is 14.7. The fourth-order valence-electron chi connectivity index (χ4n) is 3.36. The van der Waals surface area contributed by atoms with Gasteiger partial charge in [0.2, 0.25) is 0 Å². The summed E-state index contributed by atoms with van der Waals surface area (Å²) in [6.45, 7) is 4.30. The lowest BCUT2D eigenvalue weighted by atomic mass is 10.2. The van der Waals surface area contributed by atoms with Crippen molar-refractivity contribution in [2.24, 2.45) is 5.10 Å². The molecule has 0 radical (unpaired) electrons. The zero-order valence-electron chi connectivity index (χ0n) is 18.5. The molecule has 35 heavy (non-hydrogen) atoms. The molecule has 0 aliphatic heterocycles. The average Bonchev–Trinajstić information content (AvgIpc) is 2.79. The molecule has 0 aliphatic carbocycles. The van der Waals surface area contributed by atoms with Crippen LogP contribution in [0, 0.1) is 7.14 Å². The van der Waals surface area contributed by atoms with E-state index in [0.717, 1.165) is 28.5 Å². The second kappa shape index (κ2) is 11.5. The molecule has 10 heteroatoms. The number of aromatic nitrogens is 2. The van der Waals surface area contributed by atoms with E-state index in [1.807, 2.05) is 44.2 Å². The molecule has 0 atom stereocenters. The zero-order valence-corrected chi connectivity index (χ0v) is 25.9. The Labute approximate surface area is 248 Å². The van der Waals surface area contributed by atoms with Crippen LogP contribution in [-0.2, 0) is 6.61 Å². The van der Waals surface area contributed by atoms with Crippen LogP contribution in [0.25, 0.3) is 10.9 Å². The molecule has 0 aliphatic rings. The second-order valence-corrected chi connectivity index (χ2v) is 12.1. The highest BCUT2D eigenvalue weighted by atomic mass is 127. The van der Waals surface area contributed by atoms with Crippen molar-refractivity contribution in [2.75, 3.05) is 0 Å². The topological polar surface area (TPSA) is 56.5 Å². The Morgan fingerprint density at radius 3 is 2.49 bits per heavy atom. The molecule has 0 N–H and O–H groups in total. The Bertz CT molecular complexity index is 1500. The number of ether oxygens (including phenoxy) is 1. The van der Waals surface area contributed by atoms with Gasteiger partial charge in [-0.2, -0.15) is 9.78 Å². The molecule has 4 rings (SSSR count). The third kappa shape index (κ3) is 6.20. The molecule has 0 amide bonds. The monoisotopic (exact) mass is 795 g/mol. The van der Waals surface area contributed by atoms with E-state index in [4.69, 9.17) is 32.9 Å². The average molecular weight is 797 g/mol. The van der Waals surface area contributed by atoms with Gasteiger partial charge in [-0.3, -0.25) is 4.79 Å². The van der Waals surface area contributed by atoms with Gasteiger partial charge in [-0.15, -0.1) is 0 Å². The molecule has 1 aromatic heterocycles. The van der Waals surface area contributed by atoms with Crippen LogP contribution in [-0.4, -0.2) is 15.9 Å². The molecular weight excluding hydrogens is 779 g/mol. The molecule has 3 aromatic carbocycles. The van der Waals surface area contributed by atoms with E-state index >= 15 is 0 Å². The molecule has 4 aromatic rings. The minimum atomic E-state index is -0.208. The van der Waals surface area contributed by atoms with Crippen molar-refractivity contribution in [3.05, 3.63) is 97.5 Å². The van der Waals surface area contributed by atoms with Crippen LogP contribution in [0.3, 0.4) is 0 Å². The highest BCUT2D eigenvalue weighted by Gasteiger charge is 2.14. The molecule has 1 heterocycles. The van der Waals surface area contributed by atoms with Crippen molar-refractivity contribution in [2.45, 2.75) is 26.4 Å². The molecule has 0 spiro atoms. The summed E-state index contributed by atoms with van der Waals surface area (Å²) in [5, 5.41) is 6.18. The number of rotatable bonds is 6. The van der Waals surface area contributed by atoms with Crippen molar-refractivity contribution in [3.63, 3.8) is 0 Å². The van der Waals surface area contributed by atoms with Crippen LogP contribution in [0.2, 0.25) is 10.0 Å². The van der Waals surface area contributed by atoms with Crippen LogP contribution in [0.4, 0.5) is 0 Å². The van der Waals surface area contributed by atoms with E-state index in [1.165, 1.54) is 4.68 Å². The van der Waals surface area contributed by atoms with Crippen molar-refractivity contribution < 1.29 is 4.74 Å². The van der Waals surface area contributed by atoms with Crippen LogP contribution in [0.5, 0.6) is 5.75 Å². The summed E-state index contributed by atoms with van der Waals surface area (Å²) >= 11 is 20.1. The van der Waals surface area contributed by atoms with E-state index in [2.05, 4.69) is 66.2 Å². The Morgan fingerprint density at radius 2 is 1.83 bits per heavy atom. The van der Waals surface area contributed by atoms with E-state index in [-0.39, 0.29) is 11.5 Å². The quantitative estimate of drug-likeness (QED) is 0.146. The largest absolute Gasteiger partial charge is 0.487 e. The molecule has 0 saturated carbocycles. The summed E-state index contributed by atoms with van der Waals surface area (Å²) in [5.74, 6) is 1.38. The fourth-order valence-corrected chi connectivity index (χ4v) is 6.31. The first-order chi connectivity index (χ1) is 16.6. The zero-order chi connectivity index (χ0) is 25.3. The van der Waals surface area contributed by atoms with Crippen molar-refractivity contribution in [3.8, 4) is 5.75 Å². The van der Waals surface area contributed by atoms with Gasteiger partial charge in [-0.25, -0.2) is 4.98 Å². The Kier molecular flexibility index (Phi) is 8.78. The number of benzene rings is 3. The normalized spacial score (nSPS) is 11.7. The van der Waals surface area contributed by atoms with Crippen LogP contribution in [0.1, 0.15) is 36.7 Å². The molecule has 0 bridgehead atoms. The Hall–Kier alpha value is -1.21. The predicted molar refractivity (Wildman–Crippen MR) is 163 cm³/mol. The van der Waals surface area contributed by atoms with E-state index in [1.54, 1.807) is 24.4 Å². The molecule has 5 nitrogen and oxygen atoms in total. The van der Waals surface area contributed by atoms with Crippen LogP contribution < -0.4 is 10.3 Å². The highest BCUT2D eigenvalue weighted by Crippen LogP contribution is 2.30. The predicted octanol–water partition coefficient (Wildman–Crippen LogP) is 8.26. The van der Waals surface area contributed by atoms with Gasteiger partial charge in [-0.05, 0) is 93.2 Å². The van der Waals surface area contributed by atoms with Gasteiger partial charge < -0.3 is 4.74 Å². The minimum Gasteiger partial charge on any atom is -0.487 e. The van der Waals surface area contributed by atoms with Gasteiger partial charge in [0, 0.05) is 26.0 Å². The molecule has 0 fully saturated rings. The standard InChI is InChI=1S/C25H18BrCl2I2N3O2/c1-13(2)24-32-22-6-4-16(26)9-18(22)25(34)33(24)31-11-14-7-20(29)23(21(30)8-14)35-12-15-3-5-17(27)10-19(15)28/h3-11,13H,12H2,1-2H3. The Balaban J connectivity index is 1.65.